The first-order valence-electron chi connectivity index (χ1n) is 11.4. The molecular formula is C29H23N5O3. The molecule has 1 heterocycles. The van der Waals surface area contributed by atoms with Gasteiger partial charge in [0, 0.05) is 23.0 Å². The Hall–Kier alpha value is -5.34. The third-order valence-electron chi connectivity index (χ3n) is 5.36. The van der Waals surface area contributed by atoms with Crippen LogP contribution in [0.15, 0.2) is 90.6 Å². The van der Waals surface area contributed by atoms with E-state index in [0.29, 0.717) is 40.7 Å². The van der Waals surface area contributed by atoms with E-state index in [1.807, 2.05) is 48.5 Å². The lowest BCUT2D eigenvalue weighted by Gasteiger charge is -2.08. The molecule has 4 aromatic rings. The van der Waals surface area contributed by atoms with Crippen LogP contribution in [0.1, 0.15) is 12.0 Å². The summed E-state index contributed by atoms with van der Waals surface area (Å²) in [5.74, 6) is 1.47. The van der Waals surface area contributed by atoms with Crippen LogP contribution in [0.5, 0.6) is 17.2 Å². The van der Waals surface area contributed by atoms with Gasteiger partial charge in [-0.15, -0.1) is 0 Å². The number of aryl methyl sites for hydroxylation is 1. The normalized spacial score (nSPS) is 10.7. The van der Waals surface area contributed by atoms with Crippen molar-refractivity contribution in [3.8, 4) is 40.6 Å². The number of hydrogen-bond acceptors (Lipinski definition) is 6. The topological polar surface area (TPSA) is 113 Å². The molecule has 8 heteroatoms. The molecule has 1 N–H and O–H groups in total. The monoisotopic (exact) mass is 489 g/mol. The highest BCUT2D eigenvalue weighted by atomic mass is 16.5. The second-order valence-electron chi connectivity index (χ2n) is 7.90. The average Bonchev–Trinajstić information content (AvgIpc) is 3.34. The first-order valence-corrected chi connectivity index (χ1v) is 11.4. The quantitative estimate of drug-likeness (QED) is 0.234. The van der Waals surface area contributed by atoms with Crippen molar-refractivity contribution in [3.63, 3.8) is 0 Å². The Labute approximate surface area is 214 Å². The lowest BCUT2D eigenvalue weighted by molar-refractivity contribution is -0.112. The maximum absolute atomic E-state index is 12.9. The summed E-state index contributed by atoms with van der Waals surface area (Å²) in [6.07, 6.45) is 3.50. The summed E-state index contributed by atoms with van der Waals surface area (Å²) in [6.45, 7) is 0.388. The second-order valence-corrected chi connectivity index (χ2v) is 7.90. The molecule has 1 amide bonds. The zero-order chi connectivity index (χ0) is 26.0. The number of nitrogens with zero attached hydrogens (tertiary/aromatic N) is 4. The Kier molecular flexibility index (Phi) is 7.95. The molecule has 37 heavy (non-hydrogen) atoms. The number of ether oxygens (including phenoxy) is 2. The van der Waals surface area contributed by atoms with Crippen LogP contribution in [0.25, 0.3) is 17.3 Å². The molecule has 0 atom stereocenters. The van der Waals surface area contributed by atoms with Gasteiger partial charge in [-0.2, -0.15) is 15.6 Å². The van der Waals surface area contributed by atoms with E-state index in [0.717, 1.165) is 5.56 Å². The zero-order valence-electron chi connectivity index (χ0n) is 20.1. The summed E-state index contributed by atoms with van der Waals surface area (Å²) >= 11 is 0. The number of benzene rings is 3. The summed E-state index contributed by atoms with van der Waals surface area (Å²) in [4.78, 5) is 12.9. The van der Waals surface area contributed by atoms with Crippen molar-refractivity contribution in [2.75, 3.05) is 12.4 Å². The van der Waals surface area contributed by atoms with Crippen LogP contribution in [-0.2, 0) is 11.3 Å². The van der Waals surface area contributed by atoms with Gasteiger partial charge < -0.3 is 14.8 Å². The van der Waals surface area contributed by atoms with Crippen molar-refractivity contribution < 1.29 is 14.3 Å². The summed E-state index contributed by atoms with van der Waals surface area (Å²) in [7, 11) is 1.58. The van der Waals surface area contributed by atoms with Crippen LogP contribution in [0, 0.1) is 22.7 Å². The number of nitriles is 2. The molecule has 0 aliphatic heterocycles. The van der Waals surface area contributed by atoms with Crippen LogP contribution < -0.4 is 14.8 Å². The predicted molar refractivity (Wildman–Crippen MR) is 140 cm³/mol. The molecular weight excluding hydrogens is 466 g/mol. The van der Waals surface area contributed by atoms with Crippen molar-refractivity contribution in [2.45, 2.75) is 13.0 Å². The Morgan fingerprint density at radius 3 is 2.30 bits per heavy atom. The summed E-state index contributed by atoms with van der Waals surface area (Å²) in [6, 6.07) is 27.6. The molecule has 3 aromatic carbocycles. The molecule has 8 nitrogen and oxygen atoms in total. The molecule has 4 rings (SSSR count). The number of rotatable bonds is 9. The minimum absolute atomic E-state index is 0.0841. The van der Waals surface area contributed by atoms with Gasteiger partial charge in [0.05, 0.1) is 31.8 Å². The number of hydrogen-bond donors (Lipinski definition) is 1. The molecule has 0 unspecified atom stereocenters. The fourth-order valence-electron chi connectivity index (χ4n) is 3.53. The van der Waals surface area contributed by atoms with Crippen LogP contribution in [0.3, 0.4) is 0 Å². The maximum Gasteiger partial charge on any atom is 0.266 e. The van der Waals surface area contributed by atoms with Crippen LogP contribution in [0.4, 0.5) is 5.69 Å². The predicted octanol–water partition coefficient (Wildman–Crippen LogP) is 5.81. The third kappa shape index (κ3) is 6.41. The van der Waals surface area contributed by atoms with Crippen molar-refractivity contribution in [3.05, 3.63) is 96.2 Å². The van der Waals surface area contributed by atoms with E-state index in [-0.39, 0.29) is 12.0 Å². The van der Waals surface area contributed by atoms with Gasteiger partial charge >= 0.3 is 0 Å². The first-order chi connectivity index (χ1) is 18.1. The Morgan fingerprint density at radius 2 is 1.65 bits per heavy atom. The minimum Gasteiger partial charge on any atom is -0.497 e. The number of methoxy groups -OCH3 is 1. The van der Waals surface area contributed by atoms with E-state index in [1.165, 1.54) is 6.08 Å². The van der Waals surface area contributed by atoms with Gasteiger partial charge in [-0.3, -0.25) is 9.48 Å². The highest BCUT2D eigenvalue weighted by Gasteiger charge is 2.15. The van der Waals surface area contributed by atoms with Crippen molar-refractivity contribution in [2.24, 2.45) is 0 Å². The fourth-order valence-corrected chi connectivity index (χ4v) is 3.53. The summed E-state index contributed by atoms with van der Waals surface area (Å²) < 4.78 is 12.6. The highest BCUT2D eigenvalue weighted by molar-refractivity contribution is 6.10. The van der Waals surface area contributed by atoms with E-state index < -0.39 is 5.91 Å². The van der Waals surface area contributed by atoms with E-state index >= 15 is 0 Å². The molecule has 0 fully saturated rings. The van der Waals surface area contributed by atoms with E-state index in [2.05, 4.69) is 16.5 Å². The standard InChI is InChI=1S/C29H23N5O3/c1-36-25-12-8-21(9-13-25)28-23(20-34(33-28)17-5-16-30)18-22(19-31)29(35)32-24-10-14-27(15-11-24)37-26-6-3-2-4-7-26/h2-4,6-15,18,20H,5,17H2,1H3,(H,32,35)/b22-18-. The SMILES string of the molecule is COc1ccc(-c2nn(CCC#N)cc2/C=C(/C#N)C(=O)Nc2ccc(Oc3ccccc3)cc2)cc1. The number of aromatic nitrogens is 2. The largest absolute Gasteiger partial charge is 0.497 e. The van der Waals surface area contributed by atoms with Gasteiger partial charge in [0.2, 0.25) is 0 Å². The third-order valence-corrected chi connectivity index (χ3v) is 5.36. The molecule has 0 saturated heterocycles. The molecule has 0 bridgehead atoms. The van der Waals surface area contributed by atoms with Crippen LogP contribution in [-0.4, -0.2) is 22.8 Å². The van der Waals surface area contributed by atoms with Crippen molar-refractivity contribution >= 4 is 17.7 Å². The molecule has 0 aliphatic rings. The number of carbonyl (C=O) groups is 1. The Morgan fingerprint density at radius 1 is 0.973 bits per heavy atom. The smallest absolute Gasteiger partial charge is 0.266 e. The summed E-state index contributed by atoms with van der Waals surface area (Å²) in [5, 5.41) is 26.0. The summed E-state index contributed by atoms with van der Waals surface area (Å²) in [5.41, 5.74) is 2.39. The lowest BCUT2D eigenvalue weighted by Crippen LogP contribution is -2.13. The highest BCUT2D eigenvalue weighted by Crippen LogP contribution is 2.27. The molecule has 182 valence electrons. The number of anilines is 1. The van der Waals surface area contributed by atoms with E-state index in [4.69, 9.17) is 14.7 Å². The second kappa shape index (κ2) is 11.9. The molecule has 0 spiro atoms. The van der Waals surface area contributed by atoms with Gasteiger partial charge in [-0.25, -0.2) is 0 Å². The fraction of sp³-hybridized carbons (Fsp3) is 0.103. The molecule has 1 aromatic heterocycles. The van der Waals surface area contributed by atoms with E-state index in [9.17, 15) is 10.1 Å². The maximum atomic E-state index is 12.9. The van der Waals surface area contributed by atoms with Crippen molar-refractivity contribution in [1.29, 1.82) is 10.5 Å². The van der Waals surface area contributed by atoms with Crippen LogP contribution in [0.2, 0.25) is 0 Å². The van der Waals surface area contributed by atoms with Gasteiger partial charge in [0.15, 0.2) is 0 Å². The van der Waals surface area contributed by atoms with Gasteiger partial charge in [-0.1, -0.05) is 18.2 Å². The number of amides is 1. The zero-order valence-corrected chi connectivity index (χ0v) is 20.1. The number of carbonyl (C=O) groups excluding carboxylic acids is 1. The van der Waals surface area contributed by atoms with Crippen molar-refractivity contribution in [1.82, 2.24) is 9.78 Å². The number of para-hydroxylation sites is 1. The molecule has 0 saturated carbocycles. The number of nitrogens with one attached hydrogen (secondary N) is 1. The Bertz CT molecular complexity index is 1480. The van der Waals surface area contributed by atoms with Gasteiger partial charge in [0.25, 0.3) is 5.91 Å². The van der Waals surface area contributed by atoms with Gasteiger partial charge in [0.1, 0.15) is 28.9 Å². The first kappa shape index (κ1) is 24.8. The van der Waals surface area contributed by atoms with Gasteiger partial charge in [-0.05, 0) is 66.7 Å². The minimum atomic E-state index is -0.551. The Balaban J connectivity index is 1.55. The molecule has 0 radical (unpaired) electrons. The van der Waals surface area contributed by atoms with E-state index in [1.54, 1.807) is 54.4 Å². The molecule has 0 aliphatic carbocycles. The average molecular weight is 490 g/mol. The lowest BCUT2D eigenvalue weighted by atomic mass is 10.1. The van der Waals surface area contributed by atoms with Crippen LogP contribution >= 0.6 is 0 Å².